The summed E-state index contributed by atoms with van der Waals surface area (Å²) in [5.74, 6) is 0.464. The fraction of sp³-hybridized carbons (Fsp3) is 0.286. The first kappa shape index (κ1) is 14.5. The molecule has 0 fully saturated rings. The van der Waals surface area contributed by atoms with Crippen LogP contribution in [-0.2, 0) is 9.53 Å². The van der Waals surface area contributed by atoms with Crippen molar-refractivity contribution in [3.8, 4) is 11.5 Å². The number of rotatable bonds is 7. The van der Waals surface area contributed by atoms with Gasteiger partial charge in [-0.1, -0.05) is 6.08 Å². The van der Waals surface area contributed by atoms with Crippen molar-refractivity contribution in [2.75, 3.05) is 11.9 Å². The Balaban J connectivity index is 1.90. The number of hydrogen-bond donors (Lipinski definition) is 1. The summed E-state index contributed by atoms with van der Waals surface area (Å²) in [6.45, 7) is 5.79. The lowest BCUT2D eigenvalue weighted by Crippen LogP contribution is -2.27. The Bertz CT molecular complexity index is 563. The second-order valence-corrected chi connectivity index (χ2v) is 4.95. The van der Waals surface area contributed by atoms with Gasteiger partial charge in [-0.25, -0.2) is 4.98 Å². The molecule has 6 heteroatoms. The minimum Gasteiger partial charge on any atom is -0.463 e. The molecular weight excluding hydrogens is 276 g/mol. The van der Waals surface area contributed by atoms with Crippen molar-refractivity contribution >= 4 is 22.4 Å². The van der Waals surface area contributed by atoms with Crippen LogP contribution >= 0.6 is 11.3 Å². The molecule has 0 saturated heterocycles. The predicted octanol–water partition coefficient (Wildman–Crippen LogP) is 3.32. The molecule has 1 N–H and O–H groups in total. The minimum atomic E-state index is -0.522. The molecule has 1 amide bonds. The maximum absolute atomic E-state index is 11.9. The smallest absolute Gasteiger partial charge is 0.254 e. The number of amides is 1. The molecule has 20 heavy (non-hydrogen) atoms. The number of hydrogen-bond acceptors (Lipinski definition) is 5. The third-order valence-corrected chi connectivity index (χ3v) is 3.32. The van der Waals surface area contributed by atoms with E-state index in [-0.39, 0.29) is 5.91 Å². The van der Waals surface area contributed by atoms with Crippen molar-refractivity contribution < 1.29 is 13.9 Å². The summed E-state index contributed by atoms with van der Waals surface area (Å²) >= 11 is 1.35. The molecule has 0 unspecified atom stereocenters. The Hall–Kier alpha value is -1.92. The molecular formula is C14H16N2O3S. The monoisotopic (exact) mass is 292 g/mol. The van der Waals surface area contributed by atoms with E-state index in [4.69, 9.17) is 9.15 Å². The van der Waals surface area contributed by atoms with Crippen molar-refractivity contribution in [2.45, 2.75) is 19.4 Å². The van der Waals surface area contributed by atoms with Gasteiger partial charge in [0, 0.05) is 5.38 Å². The molecule has 0 spiro atoms. The molecule has 0 bridgehead atoms. The van der Waals surface area contributed by atoms with Gasteiger partial charge in [-0.3, -0.25) is 10.1 Å². The van der Waals surface area contributed by atoms with Gasteiger partial charge in [-0.15, -0.1) is 17.9 Å². The zero-order valence-corrected chi connectivity index (χ0v) is 12.0. The van der Waals surface area contributed by atoms with Crippen molar-refractivity contribution in [1.82, 2.24) is 4.98 Å². The number of furan rings is 1. The second kappa shape index (κ2) is 7.02. The van der Waals surface area contributed by atoms with E-state index in [1.807, 2.05) is 11.4 Å². The number of nitrogens with zero attached hydrogens (tertiary/aromatic N) is 1. The lowest BCUT2D eigenvalue weighted by atomic mass is 10.3. The molecule has 0 saturated carbocycles. The standard InChI is InChI=1S/C14H16N2O3S/c1-3-4-7-18-10(2)13(17)16-14-15-11(9-20-14)12-6-5-8-19-12/h3,5-6,8-10H,1,4,7H2,2H3,(H,15,16,17)/t10-/m0/s1. The SMILES string of the molecule is C=CCCO[C@@H](C)C(=O)Nc1nc(-c2ccco2)cs1. The summed E-state index contributed by atoms with van der Waals surface area (Å²) in [5, 5.41) is 5.09. The summed E-state index contributed by atoms with van der Waals surface area (Å²) < 4.78 is 10.6. The van der Waals surface area contributed by atoms with Crippen LogP contribution in [0.2, 0.25) is 0 Å². The fourth-order valence-corrected chi connectivity index (χ4v) is 2.18. The minimum absolute atomic E-state index is 0.214. The summed E-state index contributed by atoms with van der Waals surface area (Å²) in [4.78, 5) is 16.2. The molecule has 1 atom stereocenters. The normalized spacial score (nSPS) is 12.1. The Morgan fingerprint density at radius 2 is 2.55 bits per heavy atom. The first-order chi connectivity index (χ1) is 9.70. The molecule has 2 rings (SSSR count). The molecule has 2 aromatic heterocycles. The topological polar surface area (TPSA) is 64.4 Å². The van der Waals surface area contributed by atoms with Gasteiger partial charge in [0.15, 0.2) is 10.9 Å². The molecule has 2 heterocycles. The van der Waals surface area contributed by atoms with Crippen LogP contribution < -0.4 is 5.32 Å². The molecule has 2 aromatic rings. The van der Waals surface area contributed by atoms with E-state index in [0.29, 0.717) is 23.2 Å². The molecule has 0 aliphatic heterocycles. The zero-order valence-electron chi connectivity index (χ0n) is 11.2. The number of ether oxygens (including phenoxy) is 1. The first-order valence-electron chi connectivity index (χ1n) is 6.23. The van der Waals surface area contributed by atoms with Gasteiger partial charge >= 0.3 is 0 Å². The van der Waals surface area contributed by atoms with Crippen molar-refractivity contribution in [3.05, 3.63) is 36.4 Å². The fourth-order valence-electron chi connectivity index (χ4n) is 1.48. The maximum atomic E-state index is 11.9. The molecule has 0 aromatic carbocycles. The quantitative estimate of drug-likeness (QED) is 0.628. The average molecular weight is 292 g/mol. The molecule has 0 aliphatic carbocycles. The summed E-state index contributed by atoms with van der Waals surface area (Å²) in [5.41, 5.74) is 0.704. The Morgan fingerprint density at radius 1 is 1.70 bits per heavy atom. The number of anilines is 1. The van der Waals surface area contributed by atoms with Crippen LogP contribution in [0.1, 0.15) is 13.3 Å². The van der Waals surface area contributed by atoms with E-state index in [1.165, 1.54) is 11.3 Å². The molecule has 0 aliphatic rings. The number of aromatic nitrogens is 1. The average Bonchev–Trinajstić information content (AvgIpc) is 3.08. The van der Waals surface area contributed by atoms with Crippen LogP contribution in [0.25, 0.3) is 11.5 Å². The number of carbonyl (C=O) groups excluding carboxylic acids is 1. The van der Waals surface area contributed by atoms with Gasteiger partial charge in [0.2, 0.25) is 0 Å². The van der Waals surface area contributed by atoms with E-state index >= 15 is 0 Å². The van der Waals surface area contributed by atoms with Gasteiger partial charge < -0.3 is 9.15 Å². The lowest BCUT2D eigenvalue weighted by Gasteiger charge is -2.11. The van der Waals surface area contributed by atoms with E-state index in [2.05, 4.69) is 16.9 Å². The predicted molar refractivity (Wildman–Crippen MR) is 78.7 cm³/mol. The van der Waals surface area contributed by atoms with E-state index < -0.39 is 6.10 Å². The van der Waals surface area contributed by atoms with Crippen LogP contribution in [0, 0.1) is 0 Å². The summed E-state index contributed by atoms with van der Waals surface area (Å²) in [6.07, 6.45) is 3.53. The highest BCUT2D eigenvalue weighted by atomic mass is 32.1. The third-order valence-electron chi connectivity index (χ3n) is 2.57. The maximum Gasteiger partial charge on any atom is 0.254 e. The Morgan fingerprint density at radius 3 is 3.25 bits per heavy atom. The molecule has 5 nitrogen and oxygen atoms in total. The number of carbonyl (C=O) groups is 1. The first-order valence-corrected chi connectivity index (χ1v) is 7.11. The zero-order chi connectivity index (χ0) is 14.4. The Kier molecular flexibility index (Phi) is 5.09. The van der Waals surface area contributed by atoms with Crippen LogP contribution in [0.3, 0.4) is 0 Å². The van der Waals surface area contributed by atoms with E-state index in [9.17, 15) is 4.79 Å². The van der Waals surface area contributed by atoms with Crippen LogP contribution in [0.5, 0.6) is 0 Å². The Labute approximate surface area is 121 Å². The van der Waals surface area contributed by atoms with E-state index in [0.717, 1.165) is 6.42 Å². The van der Waals surface area contributed by atoms with Gasteiger partial charge in [-0.05, 0) is 25.5 Å². The van der Waals surface area contributed by atoms with Crippen molar-refractivity contribution in [1.29, 1.82) is 0 Å². The van der Waals surface area contributed by atoms with Gasteiger partial charge in [0.1, 0.15) is 11.8 Å². The largest absolute Gasteiger partial charge is 0.463 e. The highest BCUT2D eigenvalue weighted by molar-refractivity contribution is 7.14. The van der Waals surface area contributed by atoms with Gasteiger partial charge in [0.25, 0.3) is 5.91 Å². The third kappa shape index (κ3) is 3.79. The molecule has 0 radical (unpaired) electrons. The number of thiazole rings is 1. The highest BCUT2D eigenvalue weighted by Gasteiger charge is 2.15. The van der Waals surface area contributed by atoms with Gasteiger partial charge in [-0.2, -0.15) is 0 Å². The van der Waals surface area contributed by atoms with E-state index in [1.54, 1.807) is 25.3 Å². The van der Waals surface area contributed by atoms with Crippen molar-refractivity contribution in [2.24, 2.45) is 0 Å². The van der Waals surface area contributed by atoms with Gasteiger partial charge in [0.05, 0.1) is 12.9 Å². The highest BCUT2D eigenvalue weighted by Crippen LogP contribution is 2.25. The molecule has 106 valence electrons. The van der Waals surface area contributed by atoms with Crippen LogP contribution in [-0.4, -0.2) is 23.6 Å². The second-order valence-electron chi connectivity index (χ2n) is 4.09. The van der Waals surface area contributed by atoms with Crippen LogP contribution in [0.15, 0.2) is 40.8 Å². The van der Waals surface area contributed by atoms with Crippen molar-refractivity contribution in [3.63, 3.8) is 0 Å². The number of nitrogens with one attached hydrogen (secondary N) is 1. The summed E-state index contributed by atoms with van der Waals surface area (Å²) in [6, 6.07) is 3.62. The lowest BCUT2D eigenvalue weighted by molar-refractivity contribution is -0.126. The van der Waals surface area contributed by atoms with Crippen LogP contribution in [0.4, 0.5) is 5.13 Å². The summed E-state index contributed by atoms with van der Waals surface area (Å²) in [7, 11) is 0.